The molecule has 0 aromatic carbocycles. The molecule has 2 aromatic rings. The molecule has 12 heavy (non-hydrogen) atoms. The Kier molecular flexibility index (Phi) is 3.17. The Morgan fingerprint density at radius 1 is 1.25 bits per heavy atom. The molecule has 0 saturated carbocycles. The minimum absolute atomic E-state index is 0.996. The highest BCUT2D eigenvalue weighted by Gasteiger charge is 1.95. The van der Waals surface area contributed by atoms with Gasteiger partial charge in [-0.1, -0.05) is 13.8 Å². The van der Waals surface area contributed by atoms with E-state index >= 15 is 0 Å². The lowest BCUT2D eigenvalue weighted by Gasteiger charge is -1.87. The first-order chi connectivity index (χ1) is 5.86. The van der Waals surface area contributed by atoms with E-state index in [4.69, 9.17) is 0 Å². The molecule has 0 aliphatic rings. The molecule has 2 rings (SSSR count). The standard InChI is InChI=1S/C7H6N2S.C2H6/c1-5-2-3-6-7(9-5)10-4-8-6;1-2/h2-4H,1H3;1-2H3. The molecule has 2 heterocycles. The summed E-state index contributed by atoms with van der Waals surface area (Å²) in [7, 11) is 0. The molecule has 2 nitrogen and oxygen atoms in total. The fourth-order valence-electron chi connectivity index (χ4n) is 0.844. The van der Waals surface area contributed by atoms with Gasteiger partial charge in [0.05, 0.1) is 11.0 Å². The number of hydrogen-bond acceptors (Lipinski definition) is 3. The van der Waals surface area contributed by atoms with Crippen LogP contribution in [0.15, 0.2) is 17.6 Å². The van der Waals surface area contributed by atoms with E-state index in [2.05, 4.69) is 9.97 Å². The molecule has 0 saturated heterocycles. The van der Waals surface area contributed by atoms with Gasteiger partial charge in [0.1, 0.15) is 4.83 Å². The van der Waals surface area contributed by atoms with Crippen LogP contribution in [0.4, 0.5) is 0 Å². The molecular weight excluding hydrogens is 168 g/mol. The third kappa shape index (κ3) is 1.80. The predicted octanol–water partition coefficient (Wildman–Crippen LogP) is 3.03. The van der Waals surface area contributed by atoms with E-state index in [1.165, 1.54) is 0 Å². The smallest absolute Gasteiger partial charge is 0.143 e. The van der Waals surface area contributed by atoms with Gasteiger partial charge in [-0.25, -0.2) is 9.97 Å². The first-order valence-electron chi connectivity index (χ1n) is 4.03. The number of thiazole rings is 1. The summed E-state index contributed by atoms with van der Waals surface area (Å²) in [5, 5.41) is 0. The summed E-state index contributed by atoms with van der Waals surface area (Å²) in [6.07, 6.45) is 0. The van der Waals surface area contributed by atoms with Gasteiger partial charge in [0, 0.05) is 5.69 Å². The summed E-state index contributed by atoms with van der Waals surface area (Å²) in [6, 6.07) is 3.97. The van der Waals surface area contributed by atoms with Crippen molar-refractivity contribution in [3.63, 3.8) is 0 Å². The largest absolute Gasteiger partial charge is 0.243 e. The summed E-state index contributed by atoms with van der Waals surface area (Å²) in [5.74, 6) is 0. The molecule has 64 valence electrons. The highest BCUT2D eigenvalue weighted by atomic mass is 32.1. The summed E-state index contributed by atoms with van der Waals surface area (Å²) in [4.78, 5) is 9.44. The number of hydrogen-bond donors (Lipinski definition) is 0. The van der Waals surface area contributed by atoms with Crippen LogP contribution >= 0.6 is 11.3 Å². The third-order valence-electron chi connectivity index (χ3n) is 1.34. The zero-order valence-electron chi connectivity index (χ0n) is 7.53. The van der Waals surface area contributed by atoms with Crippen molar-refractivity contribution in [2.45, 2.75) is 20.8 Å². The van der Waals surface area contributed by atoms with Crippen molar-refractivity contribution >= 4 is 21.7 Å². The highest BCUT2D eigenvalue weighted by molar-refractivity contribution is 7.16. The van der Waals surface area contributed by atoms with Crippen molar-refractivity contribution < 1.29 is 0 Å². The van der Waals surface area contributed by atoms with Crippen molar-refractivity contribution in [1.82, 2.24) is 9.97 Å². The normalized spacial score (nSPS) is 9.25. The summed E-state index contributed by atoms with van der Waals surface area (Å²) in [5.41, 5.74) is 3.87. The first-order valence-corrected chi connectivity index (χ1v) is 4.91. The molecule has 0 fully saturated rings. The van der Waals surface area contributed by atoms with E-state index in [0.29, 0.717) is 0 Å². The monoisotopic (exact) mass is 180 g/mol. The summed E-state index contributed by atoms with van der Waals surface area (Å²) in [6.45, 7) is 5.99. The third-order valence-corrected chi connectivity index (χ3v) is 2.07. The molecule has 0 N–H and O–H groups in total. The van der Waals surface area contributed by atoms with E-state index < -0.39 is 0 Å². The minimum Gasteiger partial charge on any atom is -0.243 e. The van der Waals surface area contributed by atoms with Crippen molar-refractivity contribution in [2.24, 2.45) is 0 Å². The van der Waals surface area contributed by atoms with E-state index in [0.717, 1.165) is 16.0 Å². The second kappa shape index (κ2) is 4.16. The zero-order valence-corrected chi connectivity index (χ0v) is 8.35. The lowest BCUT2D eigenvalue weighted by molar-refractivity contribution is 1.26. The lowest BCUT2D eigenvalue weighted by atomic mass is 10.4. The van der Waals surface area contributed by atoms with Crippen molar-refractivity contribution in [1.29, 1.82) is 0 Å². The molecule has 0 aliphatic heterocycles. The Bertz CT molecular complexity index is 354. The Morgan fingerprint density at radius 2 is 2.00 bits per heavy atom. The number of nitrogens with zero attached hydrogens (tertiary/aromatic N) is 2. The second-order valence-electron chi connectivity index (χ2n) is 2.13. The molecule has 0 bridgehead atoms. The molecule has 0 unspecified atom stereocenters. The van der Waals surface area contributed by atoms with Crippen LogP contribution in [0.2, 0.25) is 0 Å². The SMILES string of the molecule is CC.Cc1ccc2ncsc2n1. The van der Waals surface area contributed by atoms with Crippen LogP contribution in [-0.2, 0) is 0 Å². The van der Waals surface area contributed by atoms with Crippen LogP contribution in [0, 0.1) is 6.92 Å². The van der Waals surface area contributed by atoms with Crippen LogP contribution in [0.5, 0.6) is 0 Å². The molecule has 0 aliphatic carbocycles. The maximum absolute atomic E-state index is 4.29. The number of rotatable bonds is 0. The average molecular weight is 180 g/mol. The van der Waals surface area contributed by atoms with Crippen LogP contribution in [0.3, 0.4) is 0 Å². The predicted molar refractivity (Wildman–Crippen MR) is 53.5 cm³/mol. The van der Waals surface area contributed by atoms with Gasteiger partial charge in [0.15, 0.2) is 0 Å². The molecular formula is C9H12N2S. The second-order valence-corrected chi connectivity index (χ2v) is 2.96. The van der Waals surface area contributed by atoms with E-state index in [1.807, 2.05) is 38.4 Å². The quantitative estimate of drug-likeness (QED) is 0.622. The molecule has 0 amide bonds. The van der Waals surface area contributed by atoms with Gasteiger partial charge in [-0.05, 0) is 19.1 Å². The zero-order chi connectivity index (χ0) is 8.97. The highest BCUT2D eigenvalue weighted by Crippen LogP contribution is 2.14. The summed E-state index contributed by atoms with van der Waals surface area (Å²) < 4.78 is 0. The van der Waals surface area contributed by atoms with Gasteiger partial charge in [-0.3, -0.25) is 0 Å². The minimum atomic E-state index is 0.996. The molecule has 0 radical (unpaired) electrons. The maximum Gasteiger partial charge on any atom is 0.143 e. The fraction of sp³-hybridized carbons (Fsp3) is 0.333. The molecule has 2 aromatic heterocycles. The Morgan fingerprint density at radius 3 is 2.75 bits per heavy atom. The van der Waals surface area contributed by atoms with E-state index in [9.17, 15) is 0 Å². The number of aromatic nitrogens is 2. The Balaban J connectivity index is 0.000000336. The summed E-state index contributed by atoms with van der Waals surface area (Å²) >= 11 is 1.58. The Hall–Kier alpha value is -0.960. The molecule has 3 heteroatoms. The average Bonchev–Trinajstić information content (AvgIpc) is 2.54. The Labute approximate surface area is 76.3 Å². The van der Waals surface area contributed by atoms with Gasteiger partial charge in [0.2, 0.25) is 0 Å². The number of pyridine rings is 1. The maximum atomic E-state index is 4.29. The van der Waals surface area contributed by atoms with Crippen LogP contribution in [-0.4, -0.2) is 9.97 Å². The van der Waals surface area contributed by atoms with Gasteiger partial charge in [-0.2, -0.15) is 0 Å². The molecule has 0 spiro atoms. The van der Waals surface area contributed by atoms with Gasteiger partial charge in [0.25, 0.3) is 0 Å². The van der Waals surface area contributed by atoms with Crippen molar-refractivity contribution in [3.8, 4) is 0 Å². The van der Waals surface area contributed by atoms with Crippen LogP contribution < -0.4 is 0 Å². The van der Waals surface area contributed by atoms with E-state index in [-0.39, 0.29) is 0 Å². The lowest BCUT2D eigenvalue weighted by Crippen LogP contribution is -1.77. The molecule has 0 atom stereocenters. The van der Waals surface area contributed by atoms with Crippen molar-refractivity contribution in [3.05, 3.63) is 23.3 Å². The van der Waals surface area contributed by atoms with Crippen molar-refractivity contribution in [2.75, 3.05) is 0 Å². The number of aryl methyl sites for hydroxylation is 1. The van der Waals surface area contributed by atoms with Gasteiger partial charge >= 0.3 is 0 Å². The topological polar surface area (TPSA) is 25.8 Å². The number of fused-ring (bicyclic) bond motifs is 1. The van der Waals surface area contributed by atoms with Crippen LogP contribution in [0.1, 0.15) is 19.5 Å². The first kappa shape index (κ1) is 9.13. The fourth-order valence-corrected chi connectivity index (χ4v) is 1.55. The van der Waals surface area contributed by atoms with Gasteiger partial charge in [-0.15, -0.1) is 11.3 Å². The van der Waals surface area contributed by atoms with Gasteiger partial charge < -0.3 is 0 Å². The van der Waals surface area contributed by atoms with E-state index in [1.54, 1.807) is 11.3 Å². The van der Waals surface area contributed by atoms with Crippen LogP contribution in [0.25, 0.3) is 10.3 Å².